The Morgan fingerprint density at radius 2 is 1.91 bits per heavy atom. The topological polar surface area (TPSA) is 44.7 Å². The van der Waals surface area contributed by atoms with E-state index in [1.807, 2.05) is 6.07 Å². The molecule has 1 aliphatic heterocycles. The van der Waals surface area contributed by atoms with E-state index in [0.717, 1.165) is 44.6 Å². The molecule has 0 radical (unpaired) electrons. The molecule has 0 saturated carbocycles. The van der Waals surface area contributed by atoms with Crippen molar-refractivity contribution >= 4 is 11.6 Å². The van der Waals surface area contributed by atoms with Gasteiger partial charge >= 0.3 is 0 Å². The Bertz CT molecular complexity index is 547. The number of nitrogens with one attached hydrogen (secondary N) is 1. The van der Waals surface area contributed by atoms with Crippen molar-refractivity contribution in [1.29, 1.82) is 0 Å². The lowest BCUT2D eigenvalue weighted by atomic mass is 9.90. The number of hydrogen-bond acceptors (Lipinski definition) is 3. The van der Waals surface area contributed by atoms with Gasteiger partial charge < -0.3 is 4.90 Å². The Labute approximate surface area is 132 Å². The highest BCUT2D eigenvalue weighted by Crippen LogP contribution is 2.21. The van der Waals surface area contributed by atoms with E-state index in [4.69, 9.17) is 0 Å². The largest absolute Gasteiger partial charge is 0.303 e. The summed E-state index contributed by atoms with van der Waals surface area (Å²) < 4.78 is 0. The molecule has 4 nitrogen and oxygen atoms in total. The number of piperidine rings is 1. The number of carbonyl (C=O) groups excluding carboxylic acids is 1. The number of hydrazone groups is 1. The molecule has 1 aliphatic carbocycles. The summed E-state index contributed by atoms with van der Waals surface area (Å²) in [6.45, 7) is 3.12. The molecule has 2 aliphatic rings. The maximum atomic E-state index is 12.0. The Morgan fingerprint density at radius 3 is 2.77 bits per heavy atom. The van der Waals surface area contributed by atoms with E-state index in [-0.39, 0.29) is 5.91 Å². The number of aryl methyl sites for hydroxylation is 1. The van der Waals surface area contributed by atoms with Crippen LogP contribution in [0, 0.1) is 0 Å². The van der Waals surface area contributed by atoms with Gasteiger partial charge in [0.25, 0.3) is 0 Å². The van der Waals surface area contributed by atoms with Crippen molar-refractivity contribution in [1.82, 2.24) is 10.3 Å². The van der Waals surface area contributed by atoms with E-state index in [1.165, 1.54) is 30.4 Å². The van der Waals surface area contributed by atoms with Gasteiger partial charge in [0.05, 0.1) is 5.71 Å². The van der Waals surface area contributed by atoms with Crippen LogP contribution in [0.3, 0.4) is 0 Å². The van der Waals surface area contributed by atoms with Gasteiger partial charge in [-0.2, -0.15) is 5.10 Å². The van der Waals surface area contributed by atoms with Crippen molar-refractivity contribution in [2.24, 2.45) is 5.10 Å². The fourth-order valence-electron chi connectivity index (χ4n) is 3.35. The Balaban J connectivity index is 1.52. The highest BCUT2D eigenvalue weighted by Gasteiger charge is 2.15. The highest BCUT2D eigenvalue weighted by molar-refractivity contribution is 6.03. The quantitative estimate of drug-likeness (QED) is 0.869. The number of fused-ring (bicyclic) bond motifs is 1. The second kappa shape index (κ2) is 7.54. The molecule has 0 bridgehead atoms. The van der Waals surface area contributed by atoms with Gasteiger partial charge in [0.1, 0.15) is 0 Å². The maximum Gasteiger partial charge on any atom is 0.241 e. The van der Waals surface area contributed by atoms with Crippen LogP contribution in [0.2, 0.25) is 0 Å². The molecule has 1 aromatic rings. The molecule has 0 aromatic heterocycles. The minimum Gasteiger partial charge on any atom is -0.303 e. The summed E-state index contributed by atoms with van der Waals surface area (Å²) in [5, 5.41) is 4.39. The van der Waals surface area contributed by atoms with Crippen LogP contribution in [0.4, 0.5) is 0 Å². The molecule has 22 heavy (non-hydrogen) atoms. The normalized spacial score (nSPS) is 20.6. The van der Waals surface area contributed by atoms with Crippen LogP contribution in [0.25, 0.3) is 0 Å². The molecule has 118 valence electrons. The molecular formula is C18H25N3O. The first kappa shape index (κ1) is 15.2. The van der Waals surface area contributed by atoms with Gasteiger partial charge in [-0.15, -0.1) is 0 Å². The van der Waals surface area contributed by atoms with Crippen LogP contribution in [0.15, 0.2) is 29.4 Å². The predicted molar refractivity (Wildman–Crippen MR) is 89.0 cm³/mol. The molecule has 1 N–H and O–H groups in total. The molecule has 1 aromatic carbocycles. The lowest BCUT2D eigenvalue weighted by molar-refractivity contribution is -0.121. The first-order valence-electron chi connectivity index (χ1n) is 8.49. The Hall–Kier alpha value is -1.68. The van der Waals surface area contributed by atoms with Gasteiger partial charge in [-0.05, 0) is 50.8 Å². The summed E-state index contributed by atoms with van der Waals surface area (Å²) >= 11 is 0. The van der Waals surface area contributed by atoms with Crippen LogP contribution >= 0.6 is 0 Å². The molecule has 1 amide bonds. The third-order valence-electron chi connectivity index (χ3n) is 4.61. The Morgan fingerprint density at radius 1 is 1.09 bits per heavy atom. The minimum absolute atomic E-state index is 0.0288. The number of nitrogens with zero attached hydrogens (tertiary/aromatic N) is 2. The SMILES string of the molecule is O=C(CCN1CCCCC1)N/N=C1/CCCc2ccccc21. The molecule has 0 spiro atoms. The fourth-order valence-corrected chi connectivity index (χ4v) is 3.35. The number of likely N-dealkylation sites (tertiary alicyclic amines) is 1. The number of carbonyl (C=O) groups is 1. The zero-order valence-electron chi connectivity index (χ0n) is 13.2. The van der Waals surface area contributed by atoms with Crippen LogP contribution in [0.5, 0.6) is 0 Å². The van der Waals surface area contributed by atoms with Crippen molar-refractivity contribution < 1.29 is 4.79 Å². The van der Waals surface area contributed by atoms with E-state index in [1.54, 1.807) is 0 Å². The van der Waals surface area contributed by atoms with Crippen molar-refractivity contribution in [2.75, 3.05) is 19.6 Å². The molecule has 0 unspecified atom stereocenters. The van der Waals surface area contributed by atoms with E-state index >= 15 is 0 Å². The lowest BCUT2D eigenvalue weighted by Gasteiger charge is -2.25. The third kappa shape index (κ3) is 3.95. The molecular weight excluding hydrogens is 274 g/mol. The van der Waals surface area contributed by atoms with Gasteiger partial charge in [-0.25, -0.2) is 5.43 Å². The van der Waals surface area contributed by atoms with Crippen LogP contribution in [-0.4, -0.2) is 36.2 Å². The summed E-state index contributed by atoms with van der Waals surface area (Å²) in [5.74, 6) is 0.0288. The van der Waals surface area contributed by atoms with Crippen molar-refractivity contribution in [3.8, 4) is 0 Å². The summed E-state index contributed by atoms with van der Waals surface area (Å²) in [4.78, 5) is 14.4. The van der Waals surface area contributed by atoms with Gasteiger partial charge in [0.2, 0.25) is 5.91 Å². The number of benzene rings is 1. The van der Waals surface area contributed by atoms with E-state index < -0.39 is 0 Å². The smallest absolute Gasteiger partial charge is 0.241 e. The van der Waals surface area contributed by atoms with Gasteiger partial charge in [0.15, 0.2) is 0 Å². The Kier molecular flexibility index (Phi) is 5.22. The molecule has 1 saturated heterocycles. The average molecular weight is 299 g/mol. The summed E-state index contributed by atoms with van der Waals surface area (Å²) in [6, 6.07) is 8.37. The first-order valence-corrected chi connectivity index (χ1v) is 8.49. The summed E-state index contributed by atoms with van der Waals surface area (Å²) in [6.07, 6.45) is 7.57. The third-order valence-corrected chi connectivity index (χ3v) is 4.61. The monoisotopic (exact) mass is 299 g/mol. The van der Waals surface area contributed by atoms with E-state index in [2.05, 4.69) is 33.6 Å². The standard InChI is InChI=1S/C18H25N3O/c22-18(11-14-21-12-4-1-5-13-21)20-19-17-10-6-8-15-7-2-3-9-16(15)17/h2-3,7,9H,1,4-6,8,10-14H2,(H,20,22)/b19-17-. The van der Waals surface area contributed by atoms with Crippen molar-refractivity contribution in [3.63, 3.8) is 0 Å². The molecule has 0 atom stereocenters. The molecule has 3 rings (SSSR count). The van der Waals surface area contributed by atoms with E-state index in [0.29, 0.717) is 6.42 Å². The van der Waals surface area contributed by atoms with Gasteiger partial charge in [-0.3, -0.25) is 4.79 Å². The van der Waals surface area contributed by atoms with Crippen LogP contribution in [0.1, 0.15) is 49.7 Å². The van der Waals surface area contributed by atoms with E-state index in [9.17, 15) is 4.79 Å². The zero-order valence-corrected chi connectivity index (χ0v) is 13.2. The number of amides is 1. The van der Waals surface area contributed by atoms with Crippen LogP contribution in [-0.2, 0) is 11.2 Å². The van der Waals surface area contributed by atoms with Crippen molar-refractivity contribution in [3.05, 3.63) is 35.4 Å². The van der Waals surface area contributed by atoms with Crippen molar-refractivity contribution in [2.45, 2.75) is 44.9 Å². The average Bonchev–Trinajstić information content (AvgIpc) is 2.59. The maximum absolute atomic E-state index is 12.0. The fraction of sp³-hybridized carbons (Fsp3) is 0.556. The zero-order chi connectivity index (χ0) is 15.2. The summed E-state index contributed by atoms with van der Waals surface area (Å²) in [5.41, 5.74) is 6.32. The predicted octanol–water partition coefficient (Wildman–Crippen LogP) is 2.72. The number of hydrogen-bond donors (Lipinski definition) is 1. The molecule has 1 fully saturated rings. The minimum atomic E-state index is 0.0288. The van der Waals surface area contributed by atoms with Gasteiger partial charge in [-0.1, -0.05) is 30.7 Å². The highest BCUT2D eigenvalue weighted by atomic mass is 16.2. The second-order valence-corrected chi connectivity index (χ2v) is 6.26. The molecule has 1 heterocycles. The first-order chi connectivity index (χ1) is 10.8. The second-order valence-electron chi connectivity index (χ2n) is 6.26. The van der Waals surface area contributed by atoms with Gasteiger partial charge in [0, 0.05) is 18.5 Å². The lowest BCUT2D eigenvalue weighted by Crippen LogP contribution is -2.33. The van der Waals surface area contributed by atoms with Crippen LogP contribution < -0.4 is 5.43 Å². The number of rotatable bonds is 4. The summed E-state index contributed by atoms with van der Waals surface area (Å²) in [7, 11) is 0. The molecule has 4 heteroatoms.